The van der Waals surface area contributed by atoms with Crippen molar-refractivity contribution in [2.75, 3.05) is 0 Å². The zero-order valence-electron chi connectivity index (χ0n) is 50.3. The SMILES string of the molecule is CCCCCCCC(CC(=O)O)OC(=O)CC(CCCCCCC)OC1CC(C)C(O)C(O)C1OC1CC(C)C(O)C(O)C1O.CCCCCCCC(CC(=O)OC(CCCCCCC)CC(=O)O)CC1CC(C)C(O)C(O)C1O. The van der Waals surface area contributed by atoms with Gasteiger partial charge in [-0.3, -0.25) is 19.2 Å². The van der Waals surface area contributed by atoms with Crippen LogP contribution in [0.5, 0.6) is 0 Å². The third kappa shape index (κ3) is 28.4. The number of carbonyl (C=O) groups excluding carboxylic acids is 2. The minimum atomic E-state index is -1.42. The van der Waals surface area contributed by atoms with E-state index in [1.165, 1.54) is 6.42 Å². The first-order chi connectivity index (χ1) is 38.1. The lowest BCUT2D eigenvalue weighted by molar-refractivity contribution is -0.247. The molecule has 0 bridgehead atoms. The molecule has 0 aromatic carbocycles. The van der Waals surface area contributed by atoms with E-state index in [0.29, 0.717) is 38.5 Å². The van der Waals surface area contributed by atoms with Gasteiger partial charge in [-0.1, -0.05) is 164 Å². The number of aliphatic carboxylic acids is 2. The van der Waals surface area contributed by atoms with Gasteiger partial charge in [0.05, 0.1) is 62.0 Å². The Morgan fingerprint density at radius 3 is 1.23 bits per heavy atom. The average molecular weight is 1150 g/mol. The van der Waals surface area contributed by atoms with Gasteiger partial charge in [0.15, 0.2) is 0 Å². The van der Waals surface area contributed by atoms with Crippen LogP contribution in [-0.4, -0.2) is 160 Å². The molecule has 0 heterocycles. The zero-order chi connectivity index (χ0) is 59.7. The third-order valence-electron chi connectivity index (χ3n) is 17.1. The van der Waals surface area contributed by atoms with Crippen molar-refractivity contribution < 1.29 is 89.2 Å². The van der Waals surface area contributed by atoms with Crippen molar-refractivity contribution in [3.63, 3.8) is 0 Å². The monoisotopic (exact) mass is 1150 g/mol. The molecule has 0 amide bonds. The maximum atomic E-state index is 13.2. The Balaban J connectivity index is 0.000000565. The summed E-state index contributed by atoms with van der Waals surface area (Å²) in [6, 6.07) is 0. The summed E-state index contributed by atoms with van der Waals surface area (Å²) in [5.41, 5.74) is 0. The predicted molar refractivity (Wildman–Crippen MR) is 305 cm³/mol. The second-order valence-corrected chi connectivity index (χ2v) is 24.5. The van der Waals surface area contributed by atoms with Gasteiger partial charge in [-0.15, -0.1) is 0 Å². The smallest absolute Gasteiger partial charge is 0.308 e. The van der Waals surface area contributed by atoms with Gasteiger partial charge in [0.1, 0.15) is 42.7 Å². The lowest BCUT2D eigenvalue weighted by Crippen LogP contribution is -2.60. The Morgan fingerprint density at radius 1 is 0.400 bits per heavy atom. The van der Waals surface area contributed by atoms with E-state index in [1.807, 2.05) is 6.92 Å². The molecule has 10 N–H and O–H groups in total. The topological polar surface area (TPSA) is 308 Å². The van der Waals surface area contributed by atoms with Crippen molar-refractivity contribution in [1.29, 1.82) is 0 Å². The van der Waals surface area contributed by atoms with Crippen LogP contribution in [0.1, 0.15) is 254 Å². The summed E-state index contributed by atoms with van der Waals surface area (Å²) in [6.07, 6.45) is 10.5. The molecule has 0 radical (unpaired) electrons. The van der Waals surface area contributed by atoms with E-state index in [2.05, 4.69) is 27.7 Å². The molecule has 0 aromatic rings. The van der Waals surface area contributed by atoms with E-state index in [4.69, 9.17) is 18.9 Å². The van der Waals surface area contributed by atoms with Gasteiger partial charge in [0.25, 0.3) is 0 Å². The van der Waals surface area contributed by atoms with Crippen LogP contribution in [0.2, 0.25) is 0 Å². The zero-order valence-corrected chi connectivity index (χ0v) is 50.3. The molecule has 19 unspecified atom stereocenters. The Bertz CT molecular complexity index is 1650. The number of carbonyl (C=O) groups is 4. The standard InChI is InChI=1S/C34H62O11.C28H52O7/c1-5-7-9-11-13-15-23(19-27(35)36)44-28(37)20-24(16-14-12-10-8-6-2)43-26-18-22(4)30(39)33(42)34(26)45-25-17-21(3)29(38)32(41)31(25)40;1-4-6-8-10-12-14-21(17-22-16-20(3)26(32)28(34)27(22)33)18-25(31)35-23(19-24(29)30)15-13-11-9-7-5-2/h21-26,29-34,38-42H,5-20H2,1-4H3,(H,35,36);20-23,26-28,32-34H,4-19H2,1-3H3,(H,29,30). The molecular weight excluding hydrogens is 1030 g/mol. The molecule has 18 heteroatoms. The number of esters is 2. The highest BCUT2D eigenvalue weighted by atomic mass is 16.6. The molecular formula is C62H114O18. The molecule has 80 heavy (non-hydrogen) atoms. The quantitative estimate of drug-likeness (QED) is 0.0202. The van der Waals surface area contributed by atoms with Crippen LogP contribution in [0.15, 0.2) is 0 Å². The molecule has 3 aliphatic carbocycles. The predicted octanol–water partition coefficient (Wildman–Crippen LogP) is 9.10. The second kappa shape index (κ2) is 41.5. The molecule has 470 valence electrons. The van der Waals surface area contributed by atoms with Crippen molar-refractivity contribution in [2.24, 2.45) is 29.6 Å². The van der Waals surface area contributed by atoms with Crippen LogP contribution in [0, 0.1) is 29.6 Å². The van der Waals surface area contributed by atoms with Crippen LogP contribution < -0.4 is 0 Å². The highest BCUT2D eigenvalue weighted by molar-refractivity contribution is 5.72. The highest BCUT2D eigenvalue weighted by Crippen LogP contribution is 2.38. The highest BCUT2D eigenvalue weighted by Gasteiger charge is 2.49. The first-order valence-electron chi connectivity index (χ1n) is 31.7. The van der Waals surface area contributed by atoms with Crippen molar-refractivity contribution in [3.05, 3.63) is 0 Å². The molecule has 3 rings (SSSR count). The maximum Gasteiger partial charge on any atom is 0.308 e. The van der Waals surface area contributed by atoms with Gasteiger partial charge in [0.2, 0.25) is 0 Å². The van der Waals surface area contributed by atoms with Crippen molar-refractivity contribution >= 4 is 23.9 Å². The fourth-order valence-electron chi connectivity index (χ4n) is 12.1. The summed E-state index contributed by atoms with van der Waals surface area (Å²) in [5.74, 6) is -3.92. The van der Waals surface area contributed by atoms with Crippen LogP contribution in [-0.2, 0) is 38.1 Å². The number of ether oxygens (including phenoxy) is 4. The summed E-state index contributed by atoms with van der Waals surface area (Å²) in [7, 11) is 0. The van der Waals surface area contributed by atoms with Gasteiger partial charge in [-0.05, 0) is 93.8 Å². The number of carboxylic acid groups (broad SMARTS) is 2. The van der Waals surface area contributed by atoms with Crippen molar-refractivity contribution in [3.8, 4) is 0 Å². The van der Waals surface area contributed by atoms with E-state index in [0.717, 1.165) is 128 Å². The first kappa shape index (κ1) is 73.6. The molecule has 18 nitrogen and oxygen atoms in total. The third-order valence-corrected chi connectivity index (χ3v) is 17.1. The van der Waals surface area contributed by atoms with E-state index < -0.39 is 103 Å². The van der Waals surface area contributed by atoms with Gasteiger partial charge in [-0.25, -0.2) is 0 Å². The van der Waals surface area contributed by atoms with Crippen LogP contribution in [0.3, 0.4) is 0 Å². The van der Waals surface area contributed by atoms with Crippen LogP contribution in [0.25, 0.3) is 0 Å². The minimum Gasteiger partial charge on any atom is -0.481 e. The molecule has 0 aliphatic heterocycles. The fraction of sp³-hybridized carbons (Fsp3) is 0.935. The molecule has 3 fully saturated rings. The van der Waals surface area contributed by atoms with Crippen molar-refractivity contribution in [2.45, 2.75) is 339 Å². The van der Waals surface area contributed by atoms with E-state index in [9.17, 15) is 70.2 Å². The molecule has 0 spiro atoms. The van der Waals surface area contributed by atoms with Crippen LogP contribution in [0.4, 0.5) is 0 Å². The van der Waals surface area contributed by atoms with Crippen molar-refractivity contribution in [1.82, 2.24) is 0 Å². The summed E-state index contributed by atoms with van der Waals surface area (Å²) >= 11 is 0. The fourth-order valence-corrected chi connectivity index (χ4v) is 12.1. The Morgan fingerprint density at radius 2 is 0.775 bits per heavy atom. The lowest BCUT2D eigenvalue weighted by atomic mass is 9.72. The van der Waals surface area contributed by atoms with Gasteiger partial charge in [-0.2, -0.15) is 0 Å². The molecule has 19 atom stereocenters. The van der Waals surface area contributed by atoms with E-state index in [-0.39, 0.29) is 67.7 Å². The average Bonchev–Trinajstić information content (AvgIpc) is 3.40. The van der Waals surface area contributed by atoms with E-state index >= 15 is 0 Å². The van der Waals surface area contributed by atoms with Gasteiger partial charge < -0.3 is 70.0 Å². The number of hydrogen-bond acceptors (Lipinski definition) is 16. The van der Waals surface area contributed by atoms with E-state index in [1.54, 1.807) is 13.8 Å². The number of aliphatic hydroxyl groups is 8. The normalized spacial score (nSPS) is 30.3. The second-order valence-electron chi connectivity index (χ2n) is 24.5. The summed E-state index contributed by atoms with van der Waals surface area (Å²) in [6.45, 7) is 14.0. The molecule has 0 aromatic heterocycles. The molecule has 3 aliphatic rings. The van der Waals surface area contributed by atoms with Gasteiger partial charge >= 0.3 is 23.9 Å². The van der Waals surface area contributed by atoms with Gasteiger partial charge in [0, 0.05) is 6.42 Å². The van der Waals surface area contributed by atoms with Crippen LogP contribution >= 0.6 is 0 Å². The Labute approximate surface area is 480 Å². The number of carboxylic acids is 2. The molecule has 3 saturated carbocycles. The lowest BCUT2D eigenvalue weighted by Gasteiger charge is -2.46. The maximum absolute atomic E-state index is 13.2. The number of hydrogen-bond donors (Lipinski definition) is 10. The Hall–Kier alpha value is -2.52. The summed E-state index contributed by atoms with van der Waals surface area (Å²) in [4.78, 5) is 48.8. The summed E-state index contributed by atoms with van der Waals surface area (Å²) < 4.78 is 24.0. The Kier molecular flexibility index (Phi) is 38.2. The molecule has 0 saturated heterocycles. The number of rotatable bonds is 40. The minimum absolute atomic E-state index is 0.00606. The number of unbranched alkanes of at least 4 members (excludes halogenated alkanes) is 16. The summed E-state index contributed by atoms with van der Waals surface area (Å²) in [5, 5.41) is 103. The largest absolute Gasteiger partial charge is 0.481 e. The first-order valence-corrected chi connectivity index (χ1v) is 31.7. The number of aliphatic hydroxyl groups excluding tert-OH is 8.